The van der Waals surface area contributed by atoms with Gasteiger partial charge in [-0.1, -0.05) is 18.2 Å². The van der Waals surface area contributed by atoms with E-state index in [9.17, 15) is 18.4 Å². The number of hydrogen-bond acceptors (Lipinski definition) is 3. The molecule has 0 aromatic heterocycles. The topological polar surface area (TPSA) is 78.9 Å². The van der Waals surface area contributed by atoms with E-state index in [4.69, 9.17) is 9.84 Å². The van der Waals surface area contributed by atoms with Gasteiger partial charge in [0.1, 0.15) is 6.61 Å². The van der Waals surface area contributed by atoms with Crippen LogP contribution in [0.1, 0.15) is 25.7 Å². The highest BCUT2D eigenvalue weighted by molar-refractivity contribution is 5.99. The summed E-state index contributed by atoms with van der Waals surface area (Å²) in [5.74, 6) is -2.34. The lowest BCUT2D eigenvalue weighted by Gasteiger charge is -2.29. The maximum absolute atomic E-state index is 13.8. The molecule has 1 saturated carbocycles. The largest absolute Gasteiger partial charge is 0.480 e. The van der Waals surface area contributed by atoms with Crippen molar-refractivity contribution < 1.29 is 28.2 Å². The highest BCUT2D eigenvalue weighted by Crippen LogP contribution is 2.30. The fourth-order valence-corrected chi connectivity index (χ4v) is 3.81. The van der Waals surface area contributed by atoms with Crippen LogP contribution in [0.3, 0.4) is 0 Å². The van der Waals surface area contributed by atoms with Crippen molar-refractivity contribution in [3.63, 3.8) is 0 Å². The van der Waals surface area contributed by atoms with Gasteiger partial charge in [0, 0.05) is 12.6 Å². The van der Waals surface area contributed by atoms with Crippen molar-refractivity contribution in [1.29, 1.82) is 0 Å². The summed E-state index contributed by atoms with van der Waals surface area (Å²) in [5.41, 5.74) is 0.784. The Labute approximate surface area is 179 Å². The van der Waals surface area contributed by atoms with Crippen LogP contribution in [0.2, 0.25) is 0 Å². The fourth-order valence-electron chi connectivity index (χ4n) is 3.81. The maximum atomic E-state index is 13.8. The Balaban J connectivity index is 1.58. The summed E-state index contributed by atoms with van der Waals surface area (Å²) in [4.78, 5) is 24.8. The van der Waals surface area contributed by atoms with Crippen LogP contribution in [0.25, 0.3) is 0 Å². The molecule has 0 aliphatic heterocycles. The normalized spacial score (nSPS) is 18.4. The number of halogens is 2. The lowest BCUT2D eigenvalue weighted by atomic mass is 9.82. The summed E-state index contributed by atoms with van der Waals surface area (Å²) in [5, 5.41) is 11.6. The first-order chi connectivity index (χ1) is 14.9. The number of carbonyl (C=O) groups is 2. The number of amides is 2. The third kappa shape index (κ3) is 6.49. The third-order valence-corrected chi connectivity index (χ3v) is 5.47. The second-order valence-corrected chi connectivity index (χ2v) is 7.75. The molecule has 0 unspecified atom stereocenters. The molecule has 1 aliphatic carbocycles. The summed E-state index contributed by atoms with van der Waals surface area (Å²) < 4.78 is 32.3. The number of carbonyl (C=O) groups excluding carboxylic acids is 1. The van der Waals surface area contributed by atoms with Crippen LogP contribution >= 0.6 is 0 Å². The fraction of sp³-hybridized carbons (Fsp3) is 0.391. The second-order valence-electron chi connectivity index (χ2n) is 7.75. The van der Waals surface area contributed by atoms with E-state index in [1.165, 1.54) is 11.0 Å². The number of benzene rings is 2. The number of ether oxygens (including phenoxy) is 1. The number of nitrogens with one attached hydrogen (secondary N) is 1. The quantitative estimate of drug-likeness (QED) is 0.633. The number of aliphatic carboxylic acids is 1. The Bertz CT molecular complexity index is 886. The van der Waals surface area contributed by atoms with E-state index in [0.717, 1.165) is 37.8 Å². The van der Waals surface area contributed by atoms with Gasteiger partial charge in [-0.2, -0.15) is 0 Å². The summed E-state index contributed by atoms with van der Waals surface area (Å²) in [6.45, 7) is 0.618. The monoisotopic (exact) mass is 432 g/mol. The molecule has 2 aromatic carbocycles. The van der Waals surface area contributed by atoms with Gasteiger partial charge in [0.25, 0.3) is 0 Å². The lowest BCUT2D eigenvalue weighted by molar-refractivity contribution is -0.142. The van der Waals surface area contributed by atoms with Gasteiger partial charge in [0.05, 0.1) is 18.0 Å². The van der Waals surface area contributed by atoms with Crippen molar-refractivity contribution in [2.24, 2.45) is 11.8 Å². The molecule has 1 fully saturated rings. The molecule has 0 bridgehead atoms. The number of hydrogen-bond donors (Lipinski definition) is 2. The Hall–Kier alpha value is -3.00. The first kappa shape index (κ1) is 22.7. The highest BCUT2D eigenvalue weighted by atomic mass is 19.2. The number of nitrogens with zero attached hydrogens (tertiary/aromatic N) is 1. The molecule has 0 heterocycles. The molecule has 0 spiro atoms. The molecule has 6 nitrogen and oxygen atoms in total. The van der Waals surface area contributed by atoms with Gasteiger partial charge in [0.2, 0.25) is 0 Å². The minimum absolute atomic E-state index is 0.238. The van der Waals surface area contributed by atoms with E-state index in [1.807, 2.05) is 6.07 Å². The Morgan fingerprint density at radius 1 is 0.968 bits per heavy atom. The standard InChI is InChI=1S/C23H26F2N2O4/c24-20-11-10-19(12-21(20)25)27(18-4-2-1-3-5-18)23(30)26-13-16-6-8-17(9-7-16)14-31-15-22(28)29/h1-5,10-12,16-17H,6-9,13-15H2,(H,26,30)(H,28,29)/t16-,17-. The van der Waals surface area contributed by atoms with E-state index in [2.05, 4.69) is 5.32 Å². The zero-order chi connectivity index (χ0) is 22.2. The molecule has 166 valence electrons. The zero-order valence-corrected chi connectivity index (χ0v) is 17.1. The second kappa shape index (κ2) is 10.9. The molecule has 0 radical (unpaired) electrons. The number of anilines is 2. The predicted molar refractivity (Wildman–Crippen MR) is 112 cm³/mol. The van der Waals surface area contributed by atoms with Gasteiger partial charge < -0.3 is 15.2 Å². The van der Waals surface area contributed by atoms with E-state index in [1.54, 1.807) is 24.3 Å². The lowest BCUT2D eigenvalue weighted by Crippen LogP contribution is -2.40. The highest BCUT2D eigenvalue weighted by Gasteiger charge is 2.24. The maximum Gasteiger partial charge on any atom is 0.329 e. The Morgan fingerprint density at radius 3 is 2.29 bits per heavy atom. The number of rotatable bonds is 8. The molecule has 2 aromatic rings. The van der Waals surface area contributed by atoms with Gasteiger partial charge in [-0.3, -0.25) is 4.90 Å². The molecule has 0 saturated heterocycles. The van der Waals surface area contributed by atoms with Gasteiger partial charge >= 0.3 is 12.0 Å². The summed E-state index contributed by atoms with van der Waals surface area (Å²) in [6, 6.07) is 11.8. The van der Waals surface area contributed by atoms with Crippen molar-refractivity contribution in [3.8, 4) is 0 Å². The molecular formula is C23H26F2N2O4. The van der Waals surface area contributed by atoms with Crippen molar-refractivity contribution >= 4 is 23.4 Å². The van der Waals surface area contributed by atoms with E-state index in [0.29, 0.717) is 30.7 Å². The predicted octanol–water partition coefficient (Wildman–Crippen LogP) is 4.72. The molecule has 3 rings (SSSR count). The molecule has 31 heavy (non-hydrogen) atoms. The summed E-state index contributed by atoms with van der Waals surface area (Å²) in [7, 11) is 0. The van der Waals surface area contributed by atoms with Crippen LogP contribution in [-0.2, 0) is 9.53 Å². The van der Waals surface area contributed by atoms with Gasteiger partial charge in [-0.25, -0.2) is 18.4 Å². The average molecular weight is 432 g/mol. The van der Waals surface area contributed by atoms with Crippen molar-refractivity contribution in [2.75, 3.05) is 24.7 Å². The van der Waals surface area contributed by atoms with Crippen LogP contribution in [0.5, 0.6) is 0 Å². The Morgan fingerprint density at radius 2 is 1.65 bits per heavy atom. The van der Waals surface area contributed by atoms with Gasteiger partial charge in [0.15, 0.2) is 11.6 Å². The number of carboxylic acid groups (broad SMARTS) is 1. The minimum atomic E-state index is -1.02. The molecule has 8 heteroatoms. The van der Waals surface area contributed by atoms with E-state index in [-0.39, 0.29) is 12.3 Å². The SMILES string of the molecule is O=C(O)COC[C@H]1CC[C@H](CNC(=O)N(c2ccccc2)c2ccc(F)c(F)c2)CC1. The van der Waals surface area contributed by atoms with Gasteiger partial charge in [-0.15, -0.1) is 0 Å². The third-order valence-electron chi connectivity index (χ3n) is 5.47. The summed E-state index contributed by atoms with van der Waals surface area (Å²) in [6.07, 6.45) is 3.62. The molecule has 2 N–H and O–H groups in total. The van der Waals surface area contributed by atoms with Crippen molar-refractivity contribution in [2.45, 2.75) is 25.7 Å². The zero-order valence-electron chi connectivity index (χ0n) is 17.1. The van der Waals surface area contributed by atoms with Crippen molar-refractivity contribution in [1.82, 2.24) is 5.32 Å². The Kier molecular flexibility index (Phi) is 7.94. The minimum Gasteiger partial charge on any atom is -0.480 e. The van der Waals surface area contributed by atoms with Crippen LogP contribution in [-0.4, -0.2) is 36.9 Å². The van der Waals surface area contributed by atoms with Crippen LogP contribution in [0.15, 0.2) is 48.5 Å². The van der Waals surface area contributed by atoms with Crippen LogP contribution in [0, 0.1) is 23.5 Å². The smallest absolute Gasteiger partial charge is 0.329 e. The van der Waals surface area contributed by atoms with Crippen molar-refractivity contribution in [3.05, 3.63) is 60.2 Å². The van der Waals surface area contributed by atoms with E-state index >= 15 is 0 Å². The summed E-state index contributed by atoms with van der Waals surface area (Å²) >= 11 is 0. The molecule has 1 aliphatic rings. The first-order valence-electron chi connectivity index (χ1n) is 10.3. The van der Waals surface area contributed by atoms with Crippen LogP contribution < -0.4 is 10.2 Å². The number of para-hydroxylation sites is 1. The molecule has 2 amide bonds. The molecule has 0 atom stereocenters. The number of carboxylic acids is 1. The number of urea groups is 1. The first-order valence-corrected chi connectivity index (χ1v) is 10.3. The van der Waals surface area contributed by atoms with E-state index < -0.39 is 23.6 Å². The molecular weight excluding hydrogens is 406 g/mol. The average Bonchev–Trinajstić information content (AvgIpc) is 2.76. The van der Waals surface area contributed by atoms with Crippen LogP contribution in [0.4, 0.5) is 25.0 Å². The van der Waals surface area contributed by atoms with Gasteiger partial charge in [-0.05, 0) is 61.8 Å².